The molecule has 1 rings (SSSR count). The number of carbonyl (C=O) groups is 1. The van der Waals surface area contributed by atoms with Crippen molar-refractivity contribution in [1.29, 1.82) is 0 Å². The lowest BCUT2D eigenvalue weighted by Crippen LogP contribution is -2.36. The van der Waals surface area contributed by atoms with E-state index in [1.54, 1.807) is 11.8 Å². The van der Waals surface area contributed by atoms with Crippen LogP contribution in [0.3, 0.4) is 0 Å². The molecule has 8 heteroatoms. The van der Waals surface area contributed by atoms with Crippen molar-refractivity contribution in [2.75, 3.05) is 13.1 Å². The Morgan fingerprint density at radius 2 is 2.00 bits per heavy atom. The molecule has 0 N–H and O–H groups in total. The molecule has 0 saturated heterocycles. The van der Waals surface area contributed by atoms with Crippen molar-refractivity contribution >= 4 is 17.7 Å². The summed E-state index contributed by atoms with van der Waals surface area (Å²) in [4.78, 5) is 20.8. The topological polar surface area (TPSA) is 46.1 Å². The van der Waals surface area contributed by atoms with Gasteiger partial charge in [0.15, 0.2) is 5.16 Å². The number of nitrogens with zero attached hydrogens (tertiary/aromatic N) is 3. The molecule has 0 aliphatic heterocycles. The molecule has 1 heterocycles. The molecule has 0 saturated carbocycles. The predicted octanol–water partition coefficient (Wildman–Crippen LogP) is 2.84. The minimum atomic E-state index is -4.51. The fraction of sp³-hybridized carbons (Fsp3) is 0.583. The van der Waals surface area contributed by atoms with Crippen molar-refractivity contribution in [3.05, 3.63) is 18.0 Å². The monoisotopic (exact) mass is 307 g/mol. The van der Waals surface area contributed by atoms with Crippen LogP contribution < -0.4 is 0 Å². The van der Waals surface area contributed by atoms with Crippen LogP contribution in [0.25, 0.3) is 0 Å². The third-order valence-electron chi connectivity index (χ3n) is 2.63. The first-order valence-electron chi connectivity index (χ1n) is 6.15. The van der Waals surface area contributed by atoms with Crippen LogP contribution in [0.5, 0.6) is 0 Å². The van der Waals surface area contributed by atoms with Crippen LogP contribution in [0.2, 0.25) is 0 Å². The number of alkyl halides is 3. The third kappa shape index (κ3) is 4.36. The summed E-state index contributed by atoms with van der Waals surface area (Å²) >= 11 is 0.928. The van der Waals surface area contributed by atoms with Crippen molar-refractivity contribution in [2.24, 2.45) is 0 Å². The highest BCUT2D eigenvalue weighted by Gasteiger charge is 2.33. The molecule has 1 amide bonds. The Bertz CT molecular complexity index is 464. The standard InChI is InChI=1S/C12H16F3N3OS/c1-4-18(5-2)10(19)8(3)20-11-16-7-6-9(17-11)12(13,14)15/h6-8H,4-5H2,1-3H3. The first-order valence-corrected chi connectivity index (χ1v) is 7.03. The van der Waals surface area contributed by atoms with Crippen LogP contribution in [0.15, 0.2) is 17.4 Å². The van der Waals surface area contributed by atoms with Crippen molar-refractivity contribution < 1.29 is 18.0 Å². The summed E-state index contributed by atoms with van der Waals surface area (Å²) < 4.78 is 37.6. The first-order chi connectivity index (χ1) is 9.29. The number of carbonyl (C=O) groups excluding carboxylic acids is 1. The second kappa shape index (κ2) is 6.92. The maximum Gasteiger partial charge on any atom is 0.433 e. The van der Waals surface area contributed by atoms with Crippen LogP contribution in [0, 0.1) is 0 Å². The number of aromatic nitrogens is 2. The van der Waals surface area contributed by atoms with Gasteiger partial charge >= 0.3 is 6.18 Å². The van der Waals surface area contributed by atoms with E-state index in [4.69, 9.17) is 0 Å². The van der Waals surface area contributed by atoms with Crippen molar-refractivity contribution in [1.82, 2.24) is 14.9 Å². The van der Waals surface area contributed by atoms with Crippen molar-refractivity contribution in [3.8, 4) is 0 Å². The van der Waals surface area contributed by atoms with Crippen LogP contribution in [-0.2, 0) is 11.0 Å². The highest BCUT2D eigenvalue weighted by atomic mass is 32.2. The fourth-order valence-corrected chi connectivity index (χ4v) is 2.40. The summed E-state index contributed by atoms with van der Waals surface area (Å²) in [6.07, 6.45) is -3.46. The Kier molecular flexibility index (Phi) is 5.79. The minimum Gasteiger partial charge on any atom is -0.342 e. The number of halogens is 3. The van der Waals surface area contributed by atoms with Gasteiger partial charge in [0.25, 0.3) is 0 Å². The van der Waals surface area contributed by atoms with Gasteiger partial charge in [-0.05, 0) is 26.8 Å². The summed E-state index contributed by atoms with van der Waals surface area (Å²) in [6, 6.07) is 0.806. The quantitative estimate of drug-likeness (QED) is 0.620. The zero-order valence-electron chi connectivity index (χ0n) is 11.4. The molecule has 0 aromatic carbocycles. The van der Waals surface area contributed by atoms with E-state index in [9.17, 15) is 18.0 Å². The molecule has 0 aliphatic rings. The molecular formula is C12H16F3N3OS. The molecule has 0 aliphatic carbocycles. The van der Waals surface area contributed by atoms with Gasteiger partial charge < -0.3 is 4.90 Å². The van der Waals surface area contributed by atoms with E-state index in [1.807, 2.05) is 13.8 Å². The number of thioether (sulfide) groups is 1. The second-order valence-corrected chi connectivity index (χ2v) is 5.30. The van der Waals surface area contributed by atoms with Crippen LogP contribution >= 0.6 is 11.8 Å². The van der Waals surface area contributed by atoms with E-state index in [0.717, 1.165) is 24.0 Å². The maximum absolute atomic E-state index is 12.5. The average molecular weight is 307 g/mol. The number of hydrogen-bond donors (Lipinski definition) is 0. The highest BCUT2D eigenvalue weighted by Crippen LogP contribution is 2.29. The summed E-state index contributed by atoms with van der Waals surface area (Å²) in [7, 11) is 0. The van der Waals surface area contributed by atoms with Crippen molar-refractivity contribution in [2.45, 2.75) is 37.4 Å². The van der Waals surface area contributed by atoms with E-state index in [2.05, 4.69) is 9.97 Å². The highest BCUT2D eigenvalue weighted by molar-refractivity contribution is 8.00. The summed E-state index contributed by atoms with van der Waals surface area (Å²) in [5.74, 6) is -0.138. The molecule has 112 valence electrons. The van der Waals surface area contributed by atoms with Crippen LogP contribution in [0.4, 0.5) is 13.2 Å². The van der Waals surface area contributed by atoms with E-state index in [1.165, 1.54) is 0 Å². The van der Waals surface area contributed by atoms with Gasteiger partial charge in [0.1, 0.15) is 5.69 Å². The van der Waals surface area contributed by atoms with Gasteiger partial charge in [-0.2, -0.15) is 13.2 Å². The number of rotatable bonds is 5. The van der Waals surface area contributed by atoms with E-state index >= 15 is 0 Å². The third-order valence-corrected chi connectivity index (χ3v) is 3.59. The lowest BCUT2D eigenvalue weighted by molar-refractivity contribution is -0.141. The van der Waals surface area contributed by atoms with Gasteiger partial charge in [-0.3, -0.25) is 4.79 Å². The molecule has 0 bridgehead atoms. The van der Waals surface area contributed by atoms with Crippen molar-refractivity contribution in [3.63, 3.8) is 0 Å². The summed E-state index contributed by atoms with van der Waals surface area (Å²) in [6.45, 7) is 6.45. The maximum atomic E-state index is 12.5. The largest absolute Gasteiger partial charge is 0.433 e. The van der Waals surface area contributed by atoms with Gasteiger partial charge in [0.2, 0.25) is 5.91 Å². The lowest BCUT2D eigenvalue weighted by Gasteiger charge is -2.22. The van der Waals surface area contributed by atoms with E-state index < -0.39 is 17.1 Å². The summed E-state index contributed by atoms with van der Waals surface area (Å²) in [5, 5.41) is -0.578. The predicted molar refractivity (Wildman–Crippen MR) is 70.3 cm³/mol. The van der Waals surface area contributed by atoms with Gasteiger partial charge in [-0.1, -0.05) is 11.8 Å². The number of hydrogen-bond acceptors (Lipinski definition) is 4. The van der Waals surface area contributed by atoms with E-state index in [-0.39, 0.29) is 11.1 Å². The van der Waals surface area contributed by atoms with Crippen LogP contribution in [-0.4, -0.2) is 39.1 Å². The average Bonchev–Trinajstić information content (AvgIpc) is 2.39. The zero-order chi connectivity index (χ0) is 15.3. The minimum absolute atomic E-state index is 0.0483. The molecule has 0 radical (unpaired) electrons. The fourth-order valence-electron chi connectivity index (χ4n) is 1.56. The molecule has 1 aromatic rings. The Morgan fingerprint density at radius 1 is 1.40 bits per heavy atom. The number of amides is 1. The van der Waals surface area contributed by atoms with Gasteiger partial charge in [-0.25, -0.2) is 9.97 Å². The van der Waals surface area contributed by atoms with E-state index in [0.29, 0.717) is 13.1 Å². The zero-order valence-corrected chi connectivity index (χ0v) is 12.3. The Labute approximate surface area is 119 Å². The molecule has 20 heavy (non-hydrogen) atoms. The van der Waals surface area contributed by atoms with Gasteiger partial charge in [0.05, 0.1) is 5.25 Å². The molecule has 1 unspecified atom stereocenters. The lowest BCUT2D eigenvalue weighted by atomic mass is 10.4. The Morgan fingerprint density at radius 3 is 2.50 bits per heavy atom. The second-order valence-electron chi connectivity index (χ2n) is 3.99. The SMILES string of the molecule is CCN(CC)C(=O)C(C)Sc1nccc(C(F)(F)F)n1. The van der Waals surface area contributed by atoms with Gasteiger partial charge in [0, 0.05) is 19.3 Å². The Hall–Kier alpha value is -1.31. The molecule has 1 aromatic heterocycles. The molecule has 0 spiro atoms. The van der Waals surface area contributed by atoms with Gasteiger partial charge in [-0.15, -0.1) is 0 Å². The Balaban J connectivity index is 2.81. The molecule has 4 nitrogen and oxygen atoms in total. The molecule has 0 fully saturated rings. The summed E-state index contributed by atoms with van der Waals surface area (Å²) in [5.41, 5.74) is -1.00. The molecule has 1 atom stereocenters. The first kappa shape index (κ1) is 16.7. The smallest absolute Gasteiger partial charge is 0.342 e. The van der Waals surface area contributed by atoms with Crippen LogP contribution in [0.1, 0.15) is 26.5 Å². The normalized spacial score (nSPS) is 13.1. The molecular weight excluding hydrogens is 291 g/mol.